The van der Waals surface area contributed by atoms with Gasteiger partial charge < -0.3 is 114 Å². The van der Waals surface area contributed by atoms with Gasteiger partial charge >= 0.3 is 0 Å². The first-order valence-electron chi connectivity index (χ1n) is 27.4. The van der Waals surface area contributed by atoms with Crippen molar-refractivity contribution < 1.29 is 114 Å². The van der Waals surface area contributed by atoms with Crippen LogP contribution in [0.2, 0.25) is 0 Å². The smallest absolute Gasteiger partial charge is 0.187 e. The molecular weight excluding hydrogens is 1000 g/mol. The van der Waals surface area contributed by atoms with Gasteiger partial charge in [0.15, 0.2) is 25.2 Å². The Balaban J connectivity index is 1.03. The summed E-state index contributed by atoms with van der Waals surface area (Å²) >= 11 is 0. The largest absolute Gasteiger partial charge is 0.394 e. The Hall–Kier alpha value is -1.18. The summed E-state index contributed by atoms with van der Waals surface area (Å²) in [4.78, 5) is 0. The molecule has 4 aliphatic carbocycles. The lowest BCUT2D eigenvalue weighted by atomic mass is 9.35. The molecule has 0 bridgehead atoms. The van der Waals surface area contributed by atoms with E-state index in [1.54, 1.807) is 0 Å². The molecule has 23 heteroatoms. The molecule has 4 heterocycles. The van der Waals surface area contributed by atoms with E-state index in [-0.39, 0.29) is 36.7 Å². The van der Waals surface area contributed by atoms with Gasteiger partial charge in [0.05, 0.1) is 50.3 Å². The van der Waals surface area contributed by atoms with E-state index in [1.165, 1.54) is 0 Å². The standard InChI is InChI=1S/C53H90O23/c1-22(2)10-9-13-53(8,76-47-42(68)38(64)36(62)29(73-47)21-70-45-40(66)33(59)26(58)20-69-45)23-11-14-52(7)32(23)24(56)16-31-50(5)17-25(57)44(49(3,4)30(50)12-15-51(31,52)6)75-48-43(39(65)35(61)28(19-55)72-48)74-46-41(67)37(63)34(60)27(18-54)71-46/h10,23-48,54-68H,9,11-21H2,1-8H3/t23-,24+,25+,26+,27+,28+,29-,30-,31+,32-,33-,34+,35+,36-,37-,38+,39-,40+,41+,42-,43+,44-,45-,46-,47+,48-,50-,51+,52+,53-/m1/s1. The maximum Gasteiger partial charge on any atom is 0.187 e. The van der Waals surface area contributed by atoms with Crippen molar-refractivity contribution in [2.24, 2.45) is 45.3 Å². The van der Waals surface area contributed by atoms with Gasteiger partial charge in [-0.05, 0) is 117 Å². The van der Waals surface area contributed by atoms with E-state index in [2.05, 4.69) is 26.8 Å². The van der Waals surface area contributed by atoms with Crippen molar-refractivity contribution in [2.75, 3.05) is 26.4 Å². The van der Waals surface area contributed by atoms with Crippen molar-refractivity contribution >= 4 is 0 Å². The van der Waals surface area contributed by atoms with Crippen molar-refractivity contribution in [3.63, 3.8) is 0 Å². The van der Waals surface area contributed by atoms with Crippen LogP contribution in [0.25, 0.3) is 0 Å². The third-order valence-corrected chi connectivity index (χ3v) is 20.4. The molecule has 0 aromatic carbocycles. The van der Waals surface area contributed by atoms with Crippen molar-refractivity contribution in [1.82, 2.24) is 0 Å². The minimum Gasteiger partial charge on any atom is -0.394 e. The first-order valence-corrected chi connectivity index (χ1v) is 27.4. The van der Waals surface area contributed by atoms with Crippen LogP contribution in [0, 0.1) is 45.3 Å². The molecule has 0 aromatic heterocycles. The summed E-state index contributed by atoms with van der Waals surface area (Å²) < 4.78 is 48.5. The first kappa shape index (κ1) is 60.9. The Morgan fingerprint density at radius 2 is 1.16 bits per heavy atom. The third kappa shape index (κ3) is 10.5. The molecule has 30 atom stereocenters. The third-order valence-electron chi connectivity index (χ3n) is 20.4. The summed E-state index contributed by atoms with van der Waals surface area (Å²) in [5, 5.41) is 164. The number of fused-ring (bicyclic) bond motifs is 5. The Morgan fingerprint density at radius 3 is 1.79 bits per heavy atom. The average Bonchev–Trinajstić information content (AvgIpc) is 3.95. The van der Waals surface area contributed by atoms with E-state index in [0.29, 0.717) is 38.5 Å². The second-order valence-electron chi connectivity index (χ2n) is 25.5. The molecular formula is C53H90O23. The Labute approximate surface area is 444 Å². The van der Waals surface area contributed by atoms with Gasteiger partial charge in [0.25, 0.3) is 0 Å². The number of aliphatic hydroxyl groups is 15. The van der Waals surface area contributed by atoms with Crippen LogP contribution in [0.4, 0.5) is 0 Å². The van der Waals surface area contributed by atoms with Gasteiger partial charge in [0, 0.05) is 0 Å². The van der Waals surface area contributed by atoms with Crippen LogP contribution in [0.15, 0.2) is 11.6 Å². The molecule has 0 radical (unpaired) electrons. The molecule has 4 saturated heterocycles. The SMILES string of the molecule is CC(C)=CCC[C@@](C)(O[C@@H]1O[C@H](CO[C@H]2OC[C@H](O)[C@@H](O)[C@@H]2O)[C@@H](O)[C@H](O)[C@H]1O)[C@@H]1CC[C@@]2(C)[C@H]1[C@@H](O)C[C@H]1[C@]3(C)C[C@H](O)[C@@H](O[C@H]4O[C@@H](CO)[C@H](O)[C@@H](O)[C@@H]4O[C@H]4O[C@@H](CO)[C@H](O)[C@@H](O)[C@@H]4O)C(C)(C)[C@H]3CC[C@@]12C. The zero-order chi connectivity index (χ0) is 55.9. The molecule has 23 nitrogen and oxygen atoms in total. The Bertz CT molecular complexity index is 1980. The van der Waals surface area contributed by atoms with E-state index in [0.717, 1.165) is 12.0 Å². The maximum absolute atomic E-state index is 12.8. The molecule has 15 N–H and O–H groups in total. The highest BCUT2D eigenvalue weighted by Gasteiger charge is 2.73. The summed E-state index contributed by atoms with van der Waals surface area (Å²) in [6.45, 7) is 14.4. The van der Waals surface area contributed by atoms with E-state index in [9.17, 15) is 76.6 Å². The van der Waals surface area contributed by atoms with Crippen molar-refractivity contribution in [1.29, 1.82) is 0 Å². The Kier molecular flexibility index (Phi) is 18.3. The number of ether oxygens (including phenoxy) is 8. The van der Waals surface area contributed by atoms with Gasteiger partial charge in [0.1, 0.15) is 91.6 Å². The number of allylic oxidation sites excluding steroid dienone is 2. The zero-order valence-electron chi connectivity index (χ0n) is 45.0. The molecule has 76 heavy (non-hydrogen) atoms. The number of hydrogen-bond acceptors (Lipinski definition) is 23. The summed E-state index contributed by atoms with van der Waals surface area (Å²) in [6.07, 6.45) is -26.8. The second kappa shape index (κ2) is 22.9. The minimum atomic E-state index is -1.87. The first-order chi connectivity index (χ1) is 35.5. The summed E-state index contributed by atoms with van der Waals surface area (Å²) in [6, 6.07) is 0. The average molecular weight is 1100 g/mol. The van der Waals surface area contributed by atoms with Crippen LogP contribution in [0.3, 0.4) is 0 Å². The molecule has 440 valence electrons. The Morgan fingerprint density at radius 1 is 0.592 bits per heavy atom. The summed E-state index contributed by atoms with van der Waals surface area (Å²) in [5.74, 6) is -0.872. The predicted molar refractivity (Wildman–Crippen MR) is 262 cm³/mol. The molecule has 8 rings (SSSR count). The number of hydrogen-bond donors (Lipinski definition) is 15. The molecule has 8 aliphatic rings. The van der Waals surface area contributed by atoms with Crippen molar-refractivity contribution in [3.05, 3.63) is 11.6 Å². The molecule has 0 unspecified atom stereocenters. The van der Waals surface area contributed by atoms with E-state index in [4.69, 9.17) is 37.9 Å². The molecule has 0 spiro atoms. The highest BCUT2D eigenvalue weighted by molar-refractivity contribution is 5.21. The van der Waals surface area contributed by atoms with Crippen LogP contribution >= 0.6 is 0 Å². The topological polar surface area (TPSA) is 377 Å². The van der Waals surface area contributed by atoms with Crippen molar-refractivity contribution in [3.8, 4) is 0 Å². The molecule has 0 aromatic rings. The van der Waals surface area contributed by atoms with E-state index >= 15 is 0 Å². The highest BCUT2D eigenvalue weighted by atomic mass is 16.8. The summed E-state index contributed by atoms with van der Waals surface area (Å²) in [5.41, 5.74) is -2.32. The molecule has 8 fully saturated rings. The number of aliphatic hydroxyl groups excluding tert-OH is 15. The molecule has 4 aliphatic heterocycles. The maximum atomic E-state index is 12.8. The van der Waals surface area contributed by atoms with Gasteiger partial charge in [-0.15, -0.1) is 0 Å². The monoisotopic (exact) mass is 1090 g/mol. The predicted octanol–water partition coefficient (Wildman–Crippen LogP) is -2.59. The van der Waals surface area contributed by atoms with Crippen LogP contribution in [-0.4, -0.2) is 244 Å². The van der Waals surface area contributed by atoms with E-state index < -0.39 is 182 Å². The zero-order valence-corrected chi connectivity index (χ0v) is 45.0. The van der Waals surface area contributed by atoms with E-state index in [1.807, 2.05) is 34.6 Å². The van der Waals surface area contributed by atoms with Crippen LogP contribution < -0.4 is 0 Å². The van der Waals surface area contributed by atoms with Crippen LogP contribution in [0.5, 0.6) is 0 Å². The number of rotatable bonds is 15. The fraction of sp³-hybridized carbons (Fsp3) is 0.962. The van der Waals surface area contributed by atoms with Crippen LogP contribution in [0.1, 0.15) is 107 Å². The molecule has 4 saturated carbocycles. The highest BCUT2D eigenvalue weighted by Crippen LogP contribution is 2.76. The van der Waals surface area contributed by atoms with Gasteiger partial charge in [-0.25, -0.2) is 0 Å². The second-order valence-corrected chi connectivity index (χ2v) is 25.5. The minimum absolute atomic E-state index is 0.123. The van der Waals surface area contributed by atoms with Gasteiger partial charge in [-0.1, -0.05) is 46.3 Å². The van der Waals surface area contributed by atoms with Crippen LogP contribution in [-0.2, 0) is 37.9 Å². The lowest BCUT2D eigenvalue weighted by molar-refractivity contribution is -0.383. The van der Waals surface area contributed by atoms with Gasteiger partial charge in [-0.2, -0.15) is 0 Å². The lowest BCUT2D eigenvalue weighted by Gasteiger charge is -2.71. The van der Waals surface area contributed by atoms with Crippen molar-refractivity contribution in [2.45, 2.75) is 247 Å². The summed E-state index contributed by atoms with van der Waals surface area (Å²) in [7, 11) is 0. The quantitative estimate of drug-likeness (QED) is 0.0591. The fourth-order valence-electron chi connectivity index (χ4n) is 16.1. The fourth-order valence-corrected chi connectivity index (χ4v) is 16.1. The van der Waals surface area contributed by atoms with Gasteiger partial charge in [0.2, 0.25) is 0 Å². The normalized spacial score (nSPS) is 53.2. The van der Waals surface area contributed by atoms with Gasteiger partial charge in [-0.3, -0.25) is 0 Å². The molecule has 0 amide bonds. The lowest BCUT2D eigenvalue weighted by Crippen LogP contribution is -2.70.